The van der Waals surface area contributed by atoms with Gasteiger partial charge in [-0.25, -0.2) is 0 Å². The number of nitrogens with zero attached hydrogens (tertiary/aromatic N) is 2. The predicted octanol–water partition coefficient (Wildman–Crippen LogP) is 0.575. The lowest BCUT2D eigenvalue weighted by atomic mass is 10.2. The van der Waals surface area contributed by atoms with E-state index in [0.717, 1.165) is 39.0 Å². The smallest absolute Gasteiger partial charge is 0.166 e. The molecule has 82 valence electrons. The Bertz CT molecular complexity index is 326. The first-order valence-electron chi connectivity index (χ1n) is 5.31. The molecule has 1 aliphatic heterocycles. The van der Waals surface area contributed by atoms with E-state index < -0.39 is 0 Å². The Labute approximate surface area is 89.9 Å². The molecule has 2 heterocycles. The average molecular weight is 207 g/mol. The third kappa shape index (κ3) is 2.67. The van der Waals surface area contributed by atoms with Gasteiger partial charge in [0.25, 0.3) is 0 Å². The summed E-state index contributed by atoms with van der Waals surface area (Å²) in [6, 6.07) is 1.92. The molecule has 0 saturated carbocycles. The Morgan fingerprint density at radius 2 is 2.13 bits per heavy atom. The summed E-state index contributed by atoms with van der Waals surface area (Å²) in [7, 11) is 2.15. The third-order valence-electron chi connectivity index (χ3n) is 2.89. The summed E-state index contributed by atoms with van der Waals surface area (Å²) >= 11 is 0. The van der Waals surface area contributed by atoms with Crippen molar-refractivity contribution >= 4 is 6.29 Å². The van der Waals surface area contributed by atoms with Crippen molar-refractivity contribution in [2.24, 2.45) is 0 Å². The Hall–Kier alpha value is -1.13. The van der Waals surface area contributed by atoms with Gasteiger partial charge < -0.3 is 9.88 Å². The number of rotatable bonds is 3. The van der Waals surface area contributed by atoms with Crippen LogP contribution in [0.3, 0.4) is 0 Å². The maximum Gasteiger partial charge on any atom is 0.166 e. The molecular weight excluding hydrogens is 190 g/mol. The number of aldehydes is 1. The maximum absolute atomic E-state index is 10.5. The van der Waals surface area contributed by atoms with Gasteiger partial charge in [-0.05, 0) is 18.7 Å². The van der Waals surface area contributed by atoms with Gasteiger partial charge in [0.05, 0.1) is 5.69 Å². The highest BCUT2D eigenvalue weighted by atomic mass is 16.1. The molecule has 0 aliphatic carbocycles. The topological polar surface area (TPSA) is 39.3 Å². The summed E-state index contributed by atoms with van der Waals surface area (Å²) in [6.45, 7) is 5.42. The first-order chi connectivity index (χ1) is 7.28. The number of likely N-dealkylation sites (N-methyl/N-ethyl adjacent to an activating group) is 1. The number of aromatic amines is 1. The van der Waals surface area contributed by atoms with Crippen LogP contribution in [0.2, 0.25) is 0 Å². The van der Waals surface area contributed by atoms with Crippen molar-refractivity contribution in [1.29, 1.82) is 0 Å². The molecule has 0 unspecified atom stereocenters. The van der Waals surface area contributed by atoms with Gasteiger partial charge in [-0.2, -0.15) is 0 Å². The average Bonchev–Trinajstić information content (AvgIpc) is 2.69. The van der Waals surface area contributed by atoms with Crippen molar-refractivity contribution in [1.82, 2.24) is 14.8 Å². The number of hydrogen-bond acceptors (Lipinski definition) is 3. The lowest BCUT2D eigenvalue weighted by Crippen LogP contribution is -2.43. The minimum absolute atomic E-state index is 0.666. The largest absolute Gasteiger partial charge is 0.359 e. The summed E-state index contributed by atoms with van der Waals surface area (Å²) in [4.78, 5) is 18.2. The van der Waals surface area contributed by atoms with Crippen LogP contribution in [0.1, 0.15) is 16.1 Å². The number of hydrogen-bond donors (Lipinski definition) is 1. The van der Waals surface area contributed by atoms with Crippen molar-refractivity contribution in [2.45, 2.75) is 6.54 Å². The second-order valence-electron chi connectivity index (χ2n) is 4.16. The minimum Gasteiger partial charge on any atom is -0.359 e. The van der Waals surface area contributed by atoms with E-state index in [0.29, 0.717) is 5.69 Å². The summed E-state index contributed by atoms with van der Waals surface area (Å²) < 4.78 is 0. The molecule has 0 atom stereocenters. The predicted molar refractivity (Wildman–Crippen MR) is 59.0 cm³/mol. The quantitative estimate of drug-likeness (QED) is 0.737. The fourth-order valence-corrected chi connectivity index (χ4v) is 1.88. The fraction of sp³-hybridized carbons (Fsp3) is 0.545. The first kappa shape index (κ1) is 10.4. The van der Waals surface area contributed by atoms with Crippen molar-refractivity contribution in [3.8, 4) is 0 Å². The van der Waals surface area contributed by atoms with Gasteiger partial charge in [0, 0.05) is 38.9 Å². The Balaban J connectivity index is 1.88. The first-order valence-corrected chi connectivity index (χ1v) is 5.31. The molecule has 0 spiro atoms. The molecule has 0 radical (unpaired) electrons. The molecule has 0 bridgehead atoms. The second kappa shape index (κ2) is 4.59. The highest BCUT2D eigenvalue weighted by molar-refractivity contribution is 5.72. The van der Waals surface area contributed by atoms with Gasteiger partial charge in [0.15, 0.2) is 6.29 Å². The molecule has 1 N–H and O–H groups in total. The van der Waals surface area contributed by atoms with Gasteiger partial charge in [0.2, 0.25) is 0 Å². The summed E-state index contributed by atoms with van der Waals surface area (Å²) in [5.41, 5.74) is 1.86. The van der Waals surface area contributed by atoms with Gasteiger partial charge in [-0.15, -0.1) is 0 Å². The van der Waals surface area contributed by atoms with Crippen LogP contribution in [0.5, 0.6) is 0 Å². The van der Waals surface area contributed by atoms with Crippen molar-refractivity contribution in [3.05, 3.63) is 23.5 Å². The van der Waals surface area contributed by atoms with Gasteiger partial charge in [-0.1, -0.05) is 0 Å². The minimum atomic E-state index is 0.666. The summed E-state index contributed by atoms with van der Waals surface area (Å²) in [5.74, 6) is 0. The molecular formula is C11H17N3O. The highest BCUT2D eigenvalue weighted by Gasteiger charge is 2.14. The van der Waals surface area contributed by atoms with Crippen LogP contribution < -0.4 is 0 Å². The number of nitrogens with one attached hydrogen (secondary N) is 1. The number of carbonyl (C=O) groups is 1. The van der Waals surface area contributed by atoms with Crippen LogP contribution >= 0.6 is 0 Å². The molecule has 15 heavy (non-hydrogen) atoms. The molecule has 1 fully saturated rings. The standard InChI is InChI=1S/C11H17N3O/c1-13-2-4-14(5-3-13)8-10-6-11(9-15)12-7-10/h6-7,9,12H,2-5,8H2,1H3. The zero-order valence-electron chi connectivity index (χ0n) is 9.07. The van der Waals surface area contributed by atoms with Crippen molar-refractivity contribution in [3.63, 3.8) is 0 Å². The second-order valence-corrected chi connectivity index (χ2v) is 4.16. The van der Waals surface area contributed by atoms with Crippen LogP contribution in [0.25, 0.3) is 0 Å². The summed E-state index contributed by atoms with van der Waals surface area (Å²) in [6.07, 6.45) is 2.77. The van der Waals surface area contributed by atoms with E-state index >= 15 is 0 Å². The summed E-state index contributed by atoms with van der Waals surface area (Å²) in [5, 5.41) is 0. The molecule has 1 aliphatic rings. The van der Waals surface area contributed by atoms with Gasteiger partial charge in [0.1, 0.15) is 0 Å². The zero-order chi connectivity index (χ0) is 10.7. The maximum atomic E-state index is 10.5. The van der Waals surface area contributed by atoms with E-state index in [-0.39, 0.29) is 0 Å². The van der Waals surface area contributed by atoms with Crippen molar-refractivity contribution in [2.75, 3.05) is 33.2 Å². The third-order valence-corrected chi connectivity index (χ3v) is 2.89. The normalized spacial score (nSPS) is 19.3. The molecule has 2 rings (SSSR count). The van der Waals surface area contributed by atoms with Crippen LogP contribution in [-0.4, -0.2) is 54.3 Å². The van der Waals surface area contributed by atoms with E-state index in [9.17, 15) is 4.79 Å². The van der Waals surface area contributed by atoms with E-state index in [2.05, 4.69) is 21.8 Å². The number of piperazine rings is 1. The molecule has 4 nitrogen and oxygen atoms in total. The molecule has 1 aromatic rings. The molecule has 0 aromatic carbocycles. The fourth-order valence-electron chi connectivity index (χ4n) is 1.88. The van der Waals surface area contributed by atoms with Crippen LogP contribution in [0.15, 0.2) is 12.3 Å². The SMILES string of the molecule is CN1CCN(Cc2c[nH]c(C=O)c2)CC1. The lowest BCUT2D eigenvalue weighted by Gasteiger charge is -2.32. The molecule has 1 aromatic heterocycles. The molecule has 4 heteroatoms. The number of H-pyrrole nitrogens is 1. The number of carbonyl (C=O) groups excluding carboxylic acids is 1. The molecule has 0 amide bonds. The van der Waals surface area contributed by atoms with Crippen LogP contribution in [0.4, 0.5) is 0 Å². The monoisotopic (exact) mass is 207 g/mol. The van der Waals surface area contributed by atoms with Crippen molar-refractivity contribution < 1.29 is 4.79 Å². The molecule has 1 saturated heterocycles. The van der Waals surface area contributed by atoms with Gasteiger partial charge >= 0.3 is 0 Å². The highest BCUT2D eigenvalue weighted by Crippen LogP contribution is 2.08. The number of aromatic nitrogens is 1. The van der Waals surface area contributed by atoms with Crippen LogP contribution in [-0.2, 0) is 6.54 Å². The Morgan fingerprint density at radius 1 is 1.40 bits per heavy atom. The van der Waals surface area contributed by atoms with Gasteiger partial charge in [-0.3, -0.25) is 9.69 Å². The van der Waals surface area contributed by atoms with E-state index in [1.165, 1.54) is 5.56 Å². The van der Waals surface area contributed by atoms with E-state index in [1.54, 1.807) is 0 Å². The zero-order valence-corrected chi connectivity index (χ0v) is 9.07. The Kier molecular flexibility index (Phi) is 3.18. The van der Waals surface area contributed by atoms with E-state index in [1.807, 2.05) is 12.3 Å². The Morgan fingerprint density at radius 3 is 2.73 bits per heavy atom. The van der Waals surface area contributed by atoms with Crippen LogP contribution in [0, 0.1) is 0 Å². The lowest BCUT2D eigenvalue weighted by molar-refractivity contribution is 0.111. The van der Waals surface area contributed by atoms with E-state index in [4.69, 9.17) is 0 Å².